The monoisotopic (exact) mass is 387 g/mol. The number of sulfonamides is 1. The predicted molar refractivity (Wildman–Crippen MR) is 100.0 cm³/mol. The highest BCUT2D eigenvalue weighted by Crippen LogP contribution is 2.27. The van der Waals surface area contributed by atoms with Gasteiger partial charge < -0.3 is 9.15 Å². The second-order valence-electron chi connectivity index (χ2n) is 6.18. The number of aryl methyl sites for hydroxylation is 2. The lowest BCUT2D eigenvalue weighted by atomic mass is 10.1. The largest absolute Gasteiger partial charge is 0.495 e. The van der Waals surface area contributed by atoms with Gasteiger partial charge in [-0.05, 0) is 36.6 Å². The summed E-state index contributed by atoms with van der Waals surface area (Å²) in [5, 5.41) is 7.83. The fraction of sp³-hybridized carbons (Fsp3) is 0.263. The first-order chi connectivity index (χ1) is 12.9. The van der Waals surface area contributed by atoms with E-state index in [1.807, 2.05) is 37.3 Å². The normalized spacial score (nSPS) is 12.7. The van der Waals surface area contributed by atoms with E-state index < -0.39 is 16.1 Å². The summed E-state index contributed by atoms with van der Waals surface area (Å²) in [6.07, 6.45) is 0.371. The van der Waals surface area contributed by atoms with Crippen molar-refractivity contribution in [3.63, 3.8) is 0 Å². The minimum absolute atomic E-state index is 0.0688. The Morgan fingerprint density at radius 1 is 1.11 bits per heavy atom. The molecule has 27 heavy (non-hydrogen) atoms. The molecule has 0 radical (unpaired) electrons. The number of hydrogen-bond donors (Lipinski definition) is 1. The molecule has 3 rings (SSSR count). The molecular weight excluding hydrogens is 366 g/mol. The predicted octanol–water partition coefficient (Wildman–Crippen LogP) is 2.96. The van der Waals surface area contributed by atoms with Gasteiger partial charge in [-0.2, -0.15) is 4.72 Å². The maximum absolute atomic E-state index is 13.1. The molecule has 1 N–H and O–H groups in total. The lowest BCUT2D eigenvalue weighted by Crippen LogP contribution is -2.30. The molecule has 0 bridgehead atoms. The zero-order valence-electron chi connectivity index (χ0n) is 15.3. The summed E-state index contributed by atoms with van der Waals surface area (Å²) in [4.78, 5) is 0.0688. The van der Waals surface area contributed by atoms with Crippen LogP contribution in [0.2, 0.25) is 0 Å². The van der Waals surface area contributed by atoms with Crippen LogP contribution in [-0.2, 0) is 16.4 Å². The van der Waals surface area contributed by atoms with E-state index in [0.717, 1.165) is 11.1 Å². The third kappa shape index (κ3) is 4.53. The fourth-order valence-electron chi connectivity index (χ4n) is 2.73. The van der Waals surface area contributed by atoms with E-state index in [1.165, 1.54) is 7.11 Å². The molecule has 0 saturated heterocycles. The van der Waals surface area contributed by atoms with Gasteiger partial charge in [-0.25, -0.2) is 8.42 Å². The van der Waals surface area contributed by atoms with E-state index in [4.69, 9.17) is 9.15 Å². The molecule has 142 valence electrons. The van der Waals surface area contributed by atoms with Gasteiger partial charge in [-0.1, -0.05) is 36.4 Å². The standard InChI is InChI=1S/C19H21N3O4S/c1-13-9-10-17(25-3)18(11-13)27(23,24)22-16(19-21-20-14(2)26-19)12-15-7-5-4-6-8-15/h4-11,16,22H,12H2,1-3H3. The van der Waals surface area contributed by atoms with Gasteiger partial charge in [-0.3, -0.25) is 0 Å². The maximum Gasteiger partial charge on any atom is 0.244 e. The van der Waals surface area contributed by atoms with Gasteiger partial charge >= 0.3 is 0 Å². The molecule has 0 fully saturated rings. The minimum Gasteiger partial charge on any atom is -0.495 e. The summed E-state index contributed by atoms with van der Waals surface area (Å²) in [5.41, 5.74) is 1.75. The average Bonchev–Trinajstić information content (AvgIpc) is 3.08. The van der Waals surface area contributed by atoms with Gasteiger partial charge in [0.2, 0.25) is 21.8 Å². The number of rotatable bonds is 7. The quantitative estimate of drug-likeness (QED) is 0.670. The summed E-state index contributed by atoms with van der Waals surface area (Å²) in [6, 6.07) is 13.8. The van der Waals surface area contributed by atoms with Crippen molar-refractivity contribution in [1.82, 2.24) is 14.9 Å². The van der Waals surface area contributed by atoms with Crippen LogP contribution < -0.4 is 9.46 Å². The van der Waals surface area contributed by atoms with Crippen molar-refractivity contribution in [1.29, 1.82) is 0 Å². The molecule has 1 atom stereocenters. The van der Waals surface area contributed by atoms with E-state index in [0.29, 0.717) is 12.3 Å². The Labute approximate surface area is 158 Å². The number of nitrogens with zero attached hydrogens (tertiary/aromatic N) is 2. The number of methoxy groups -OCH3 is 1. The Hall–Kier alpha value is -2.71. The van der Waals surface area contributed by atoms with Crippen molar-refractivity contribution in [2.45, 2.75) is 31.2 Å². The van der Waals surface area contributed by atoms with Crippen molar-refractivity contribution in [2.75, 3.05) is 7.11 Å². The zero-order valence-corrected chi connectivity index (χ0v) is 16.2. The number of ether oxygens (including phenoxy) is 1. The Morgan fingerprint density at radius 3 is 2.48 bits per heavy atom. The van der Waals surface area contributed by atoms with E-state index in [-0.39, 0.29) is 16.5 Å². The third-order valence-corrected chi connectivity index (χ3v) is 5.52. The molecule has 7 nitrogen and oxygen atoms in total. The smallest absolute Gasteiger partial charge is 0.244 e. The SMILES string of the molecule is COc1ccc(C)cc1S(=O)(=O)NC(Cc1ccccc1)c1nnc(C)o1. The van der Waals surface area contributed by atoms with Crippen molar-refractivity contribution in [3.8, 4) is 5.75 Å². The number of hydrogen-bond acceptors (Lipinski definition) is 6. The second kappa shape index (κ2) is 7.89. The van der Waals surface area contributed by atoms with E-state index in [9.17, 15) is 8.42 Å². The second-order valence-corrected chi connectivity index (χ2v) is 7.86. The highest BCUT2D eigenvalue weighted by molar-refractivity contribution is 7.89. The van der Waals surface area contributed by atoms with Gasteiger partial charge in [0.1, 0.15) is 16.7 Å². The van der Waals surface area contributed by atoms with Gasteiger partial charge in [-0.15, -0.1) is 10.2 Å². The Morgan fingerprint density at radius 2 is 1.85 bits per heavy atom. The lowest BCUT2D eigenvalue weighted by Gasteiger charge is -2.17. The summed E-state index contributed by atoms with van der Waals surface area (Å²) in [7, 11) is -2.45. The van der Waals surface area contributed by atoms with Crippen LogP contribution in [-0.4, -0.2) is 25.7 Å². The highest BCUT2D eigenvalue weighted by Gasteiger charge is 2.28. The number of aromatic nitrogens is 2. The molecule has 0 amide bonds. The van der Waals surface area contributed by atoms with E-state index in [2.05, 4.69) is 14.9 Å². The van der Waals surface area contributed by atoms with Gasteiger partial charge in [0.05, 0.1) is 7.11 Å². The van der Waals surface area contributed by atoms with Crippen molar-refractivity contribution in [3.05, 3.63) is 71.4 Å². The zero-order chi connectivity index (χ0) is 19.4. The molecule has 0 aliphatic rings. The van der Waals surface area contributed by atoms with Crippen LogP contribution in [0, 0.1) is 13.8 Å². The maximum atomic E-state index is 13.1. The van der Waals surface area contributed by atoms with E-state index in [1.54, 1.807) is 25.1 Å². The molecule has 1 heterocycles. The first-order valence-electron chi connectivity index (χ1n) is 8.40. The molecule has 0 aliphatic carbocycles. The van der Waals surface area contributed by atoms with Crippen LogP contribution in [0.15, 0.2) is 57.8 Å². The average molecular weight is 387 g/mol. The van der Waals surface area contributed by atoms with Gasteiger partial charge in [0.15, 0.2) is 0 Å². The number of nitrogens with one attached hydrogen (secondary N) is 1. The molecule has 0 spiro atoms. The molecule has 2 aromatic carbocycles. The van der Waals surface area contributed by atoms with Gasteiger partial charge in [0, 0.05) is 6.92 Å². The first-order valence-corrected chi connectivity index (χ1v) is 9.88. The first kappa shape index (κ1) is 19.1. The summed E-state index contributed by atoms with van der Waals surface area (Å²) in [5.74, 6) is 0.857. The van der Waals surface area contributed by atoms with Crippen LogP contribution in [0.1, 0.15) is 29.0 Å². The highest BCUT2D eigenvalue weighted by atomic mass is 32.2. The molecule has 1 aromatic heterocycles. The third-order valence-electron chi connectivity index (χ3n) is 4.03. The Kier molecular flexibility index (Phi) is 5.57. The topological polar surface area (TPSA) is 94.3 Å². The van der Waals surface area contributed by atoms with Crippen LogP contribution in [0.25, 0.3) is 0 Å². The van der Waals surface area contributed by atoms with Crippen LogP contribution in [0.5, 0.6) is 5.75 Å². The molecule has 8 heteroatoms. The molecular formula is C19H21N3O4S. The number of benzene rings is 2. The van der Waals surface area contributed by atoms with Crippen LogP contribution >= 0.6 is 0 Å². The van der Waals surface area contributed by atoms with Crippen molar-refractivity contribution < 1.29 is 17.6 Å². The summed E-state index contributed by atoms with van der Waals surface area (Å²) < 4.78 is 39.5. The van der Waals surface area contributed by atoms with Crippen molar-refractivity contribution in [2.24, 2.45) is 0 Å². The van der Waals surface area contributed by atoms with Crippen LogP contribution in [0.4, 0.5) is 0 Å². The molecule has 0 saturated carbocycles. The lowest BCUT2D eigenvalue weighted by molar-refractivity contribution is 0.397. The fourth-order valence-corrected chi connectivity index (χ4v) is 4.17. The van der Waals surface area contributed by atoms with Gasteiger partial charge in [0.25, 0.3) is 0 Å². The van der Waals surface area contributed by atoms with Crippen LogP contribution in [0.3, 0.4) is 0 Å². The summed E-state index contributed by atoms with van der Waals surface area (Å²) in [6.45, 7) is 3.48. The van der Waals surface area contributed by atoms with Crippen molar-refractivity contribution >= 4 is 10.0 Å². The molecule has 1 unspecified atom stereocenters. The Bertz CT molecular complexity index is 1020. The van der Waals surface area contributed by atoms with E-state index >= 15 is 0 Å². The molecule has 3 aromatic rings. The Balaban J connectivity index is 1.97. The molecule has 0 aliphatic heterocycles. The minimum atomic E-state index is -3.89. The summed E-state index contributed by atoms with van der Waals surface area (Å²) >= 11 is 0.